The van der Waals surface area contributed by atoms with Gasteiger partial charge in [-0.25, -0.2) is 4.98 Å². The standard InChI is InChI=1S/C13H13N3O2/c1-8-3-4-11(9(2)5-8)16-13(18)10-6-14-7-15-12(10)17/h3-7H,1-2H3,(H,16,18)(H,14,15,17). The first-order chi connectivity index (χ1) is 8.58. The Labute approximate surface area is 104 Å². The summed E-state index contributed by atoms with van der Waals surface area (Å²) in [6, 6.07) is 5.67. The predicted molar refractivity (Wildman–Crippen MR) is 68.7 cm³/mol. The van der Waals surface area contributed by atoms with Gasteiger partial charge in [0, 0.05) is 11.9 Å². The number of anilines is 1. The maximum Gasteiger partial charge on any atom is 0.263 e. The molecule has 0 saturated heterocycles. The molecule has 2 aromatic rings. The number of carbonyl (C=O) groups is 1. The Morgan fingerprint density at radius 2 is 2.11 bits per heavy atom. The summed E-state index contributed by atoms with van der Waals surface area (Å²) in [5.74, 6) is -0.462. The zero-order valence-electron chi connectivity index (χ0n) is 10.2. The van der Waals surface area contributed by atoms with Crippen molar-refractivity contribution in [3.63, 3.8) is 0 Å². The minimum absolute atomic E-state index is 0.00234. The van der Waals surface area contributed by atoms with E-state index in [2.05, 4.69) is 15.3 Å². The molecule has 18 heavy (non-hydrogen) atoms. The van der Waals surface area contributed by atoms with E-state index in [4.69, 9.17) is 0 Å². The fourth-order valence-corrected chi connectivity index (χ4v) is 1.65. The number of nitrogens with zero attached hydrogens (tertiary/aromatic N) is 1. The molecule has 0 radical (unpaired) electrons. The van der Waals surface area contributed by atoms with E-state index >= 15 is 0 Å². The third kappa shape index (κ3) is 2.45. The Morgan fingerprint density at radius 1 is 1.33 bits per heavy atom. The maximum atomic E-state index is 11.9. The van der Waals surface area contributed by atoms with Crippen LogP contribution in [0, 0.1) is 13.8 Å². The van der Waals surface area contributed by atoms with Crippen LogP contribution in [-0.4, -0.2) is 15.9 Å². The molecule has 1 amide bonds. The van der Waals surface area contributed by atoms with E-state index in [1.54, 1.807) is 0 Å². The molecule has 1 aromatic heterocycles. The topological polar surface area (TPSA) is 74.8 Å². The van der Waals surface area contributed by atoms with Crippen molar-refractivity contribution in [2.45, 2.75) is 13.8 Å². The summed E-state index contributed by atoms with van der Waals surface area (Å²) in [6.07, 6.45) is 2.49. The quantitative estimate of drug-likeness (QED) is 0.842. The second-order valence-electron chi connectivity index (χ2n) is 4.07. The SMILES string of the molecule is Cc1ccc(NC(=O)c2cnc[nH]c2=O)c(C)c1. The fourth-order valence-electron chi connectivity index (χ4n) is 1.65. The number of nitrogens with one attached hydrogen (secondary N) is 2. The predicted octanol–water partition coefficient (Wildman–Crippen LogP) is 1.64. The molecule has 5 heteroatoms. The van der Waals surface area contributed by atoms with E-state index < -0.39 is 11.5 Å². The van der Waals surface area contributed by atoms with Gasteiger partial charge in [0.15, 0.2) is 0 Å². The van der Waals surface area contributed by atoms with Crippen LogP contribution in [0.5, 0.6) is 0 Å². The Morgan fingerprint density at radius 3 is 2.78 bits per heavy atom. The molecule has 5 nitrogen and oxygen atoms in total. The zero-order valence-corrected chi connectivity index (χ0v) is 10.2. The third-order valence-electron chi connectivity index (χ3n) is 2.59. The van der Waals surface area contributed by atoms with Crippen molar-refractivity contribution in [3.05, 3.63) is 57.8 Å². The molecule has 1 aromatic carbocycles. The van der Waals surface area contributed by atoms with E-state index in [1.807, 2.05) is 32.0 Å². The van der Waals surface area contributed by atoms with Crippen molar-refractivity contribution in [1.82, 2.24) is 9.97 Å². The Balaban J connectivity index is 2.27. The fraction of sp³-hybridized carbons (Fsp3) is 0.154. The average molecular weight is 243 g/mol. The summed E-state index contributed by atoms with van der Waals surface area (Å²) in [4.78, 5) is 29.4. The van der Waals surface area contributed by atoms with Gasteiger partial charge >= 0.3 is 0 Å². The second kappa shape index (κ2) is 4.83. The van der Waals surface area contributed by atoms with Crippen molar-refractivity contribution < 1.29 is 4.79 Å². The molecule has 0 bridgehead atoms. The van der Waals surface area contributed by atoms with Gasteiger partial charge in [-0.3, -0.25) is 9.59 Å². The van der Waals surface area contributed by atoms with Gasteiger partial charge in [-0.2, -0.15) is 0 Å². The lowest BCUT2D eigenvalue weighted by Gasteiger charge is -2.08. The summed E-state index contributed by atoms with van der Waals surface area (Å²) in [5, 5.41) is 2.70. The number of benzene rings is 1. The Bertz CT molecular complexity index is 647. The Kier molecular flexibility index (Phi) is 3.23. The van der Waals surface area contributed by atoms with E-state index in [1.165, 1.54) is 12.5 Å². The molecular weight excluding hydrogens is 230 g/mol. The molecule has 0 spiro atoms. The normalized spacial score (nSPS) is 10.1. The lowest BCUT2D eigenvalue weighted by Crippen LogP contribution is -2.23. The highest BCUT2D eigenvalue weighted by molar-refractivity contribution is 6.04. The first kappa shape index (κ1) is 12.0. The number of aromatic amines is 1. The monoisotopic (exact) mass is 243 g/mol. The molecular formula is C13H13N3O2. The molecule has 0 saturated carbocycles. The summed E-state index contributed by atoms with van der Waals surface area (Å²) in [6.45, 7) is 3.88. The number of hydrogen-bond acceptors (Lipinski definition) is 3. The molecule has 0 fully saturated rings. The van der Waals surface area contributed by atoms with Gasteiger partial charge in [0.25, 0.3) is 11.5 Å². The smallest absolute Gasteiger partial charge is 0.263 e. The van der Waals surface area contributed by atoms with Crippen molar-refractivity contribution in [2.24, 2.45) is 0 Å². The van der Waals surface area contributed by atoms with Gasteiger partial charge in [0.05, 0.1) is 6.33 Å². The first-order valence-corrected chi connectivity index (χ1v) is 5.49. The van der Waals surface area contributed by atoms with Gasteiger partial charge in [-0.05, 0) is 25.5 Å². The lowest BCUT2D eigenvalue weighted by molar-refractivity contribution is 0.102. The van der Waals surface area contributed by atoms with Crippen LogP contribution in [0.4, 0.5) is 5.69 Å². The summed E-state index contributed by atoms with van der Waals surface area (Å²) < 4.78 is 0. The Hall–Kier alpha value is -2.43. The van der Waals surface area contributed by atoms with Gasteiger partial charge in [0.2, 0.25) is 0 Å². The molecule has 0 aliphatic rings. The van der Waals surface area contributed by atoms with Gasteiger partial charge in [0.1, 0.15) is 5.56 Å². The molecule has 0 atom stereocenters. The second-order valence-corrected chi connectivity index (χ2v) is 4.07. The van der Waals surface area contributed by atoms with Crippen LogP contribution < -0.4 is 10.9 Å². The van der Waals surface area contributed by atoms with Crippen LogP contribution in [0.3, 0.4) is 0 Å². The average Bonchev–Trinajstić information content (AvgIpc) is 2.33. The van der Waals surface area contributed by atoms with Gasteiger partial charge < -0.3 is 10.3 Å². The van der Waals surface area contributed by atoms with E-state index in [0.717, 1.165) is 11.1 Å². The highest BCUT2D eigenvalue weighted by Crippen LogP contribution is 2.16. The molecule has 0 aliphatic heterocycles. The van der Waals surface area contributed by atoms with Crippen molar-refractivity contribution >= 4 is 11.6 Å². The first-order valence-electron chi connectivity index (χ1n) is 5.49. The van der Waals surface area contributed by atoms with Gasteiger partial charge in [-0.15, -0.1) is 0 Å². The highest BCUT2D eigenvalue weighted by Gasteiger charge is 2.11. The summed E-state index contributed by atoms with van der Waals surface area (Å²) in [5.41, 5.74) is 2.30. The van der Waals surface area contributed by atoms with Crippen LogP contribution in [0.1, 0.15) is 21.5 Å². The number of H-pyrrole nitrogens is 1. The number of amides is 1. The van der Waals surface area contributed by atoms with Crippen LogP contribution in [0.25, 0.3) is 0 Å². The number of carbonyl (C=O) groups excluding carboxylic acids is 1. The summed E-state index contributed by atoms with van der Waals surface area (Å²) in [7, 11) is 0. The van der Waals surface area contributed by atoms with Crippen LogP contribution in [-0.2, 0) is 0 Å². The zero-order chi connectivity index (χ0) is 13.1. The van der Waals surface area contributed by atoms with Crippen molar-refractivity contribution in [3.8, 4) is 0 Å². The van der Waals surface area contributed by atoms with Crippen molar-refractivity contribution in [2.75, 3.05) is 5.32 Å². The van der Waals surface area contributed by atoms with Crippen molar-refractivity contribution in [1.29, 1.82) is 0 Å². The number of hydrogen-bond donors (Lipinski definition) is 2. The minimum atomic E-state index is -0.462. The molecule has 1 heterocycles. The van der Waals surface area contributed by atoms with E-state index in [9.17, 15) is 9.59 Å². The summed E-state index contributed by atoms with van der Waals surface area (Å²) >= 11 is 0. The molecule has 2 rings (SSSR count). The number of rotatable bonds is 2. The van der Waals surface area contributed by atoms with Crippen LogP contribution in [0.2, 0.25) is 0 Å². The van der Waals surface area contributed by atoms with E-state index in [0.29, 0.717) is 5.69 Å². The van der Waals surface area contributed by atoms with Crippen LogP contribution >= 0.6 is 0 Å². The molecule has 0 unspecified atom stereocenters. The van der Waals surface area contributed by atoms with E-state index in [-0.39, 0.29) is 5.56 Å². The molecule has 2 N–H and O–H groups in total. The molecule has 92 valence electrons. The molecule has 0 aliphatic carbocycles. The number of aromatic nitrogens is 2. The largest absolute Gasteiger partial charge is 0.322 e. The number of aryl methyl sites for hydroxylation is 2. The third-order valence-corrected chi connectivity index (χ3v) is 2.59. The van der Waals surface area contributed by atoms with Gasteiger partial charge in [-0.1, -0.05) is 17.7 Å². The lowest BCUT2D eigenvalue weighted by atomic mass is 10.1. The highest BCUT2D eigenvalue weighted by atomic mass is 16.2. The van der Waals surface area contributed by atoms with Crippen LogP contribution in [0.15, 0.2) is 35.5 Å². The minimum Gasteiger partial charge on any atom is -0.322 e. The maximum absolute atomic E-state index is 11.9.